The summed E-state index contributed by atoms with van der Waals surface area (Å²) in [7, 11) is -2.07. The zero-order valence-electron chi connectivity index (χ0n) is 66.1. The van der Waals surface area contributed by atoms with E-state index in [0.717, 1.165) is 101 Å². The molecule has 0 aromatic carbocycles. The Hall–Kier alpha value is -1.77. The Morgan fingerprint density at radius 1 is 0.273 bits per heavy atom. The molecule has 0 spiro atoms. The first-order valence-electron chi connectivity index (χ1n) is 42.5. The second kappa shape index (κ2) is 68.1. The van der Waals surface area contributed by atoms with Crippen molar-refractivity contribution in [2.24, 2.45) is 0 Å². The largest absolute Gasteiger partial charge is 0.501 e. The van der Waals surface area contributed by atoms with Crippen LogP contribution in [-0.4, -0.2) is 164 Å². The minimum atomic E-state index is -4.41. The fraction of sp³-hybridized carbons (Fsp3) is 0.963. The van der Waals surface area contributed by atoms with Crippen LogP contribution in [0, 0.1) is 0 Å². The summed E-state index contributed by atoms with van der Waals surface area (Å²) >= 11 is 0. The van der Waals surface area contributed by atoms with Crippen molar-refractivity contribution >= 4 is 26.5 Å². The van der Waals surface area contributed by atoms with Gasteiger partial charge < -0.3 is 64.4 Å². The molecule has 0 radical (unpaired) electrons. The van der Waals surface area contributed by atoms with Crippen molar-refractivity contribution in [2.75, 3.05) is 86.1 Å². The van der Waals surface area contributed by atoms with Gasteiger partial charge in [0.05, 0.1) is 86.1 Å². The van der Waals surface area contributed by atoms with Gasteiger partial charge in [0.25, 0.3) is 0 Å². The molecule has 0 aromatic rings. The summed E-state index contributed by atoms with van der Waals surface area (Å²) in [6.45, 7) is 8.33. The van der Waals surface area contributed by atoms with Crippen molar-refractivity contribution in [3.05, 3.63) is 0 Å². The van der Waals surface area contributed by atoms with Crippen molar-refractivity contribution in [3.8, 4) is 0 Å². The molecule has 590 valence electrons. The van der Waals surface area contributed by atoms with Crippen molar-refractivity contribution in [3.63, 3.8) is 0 Å². The smallest absolute Gasteiger partial charge is 0.394 e. The van der Waals surface area contributed by atoms with Crippen LogP contribution in [0.25, 0.3) is 0 Å². The number of hydrogen-bond donors (Lipinski definition) is 9. The van der Waals surface area contributed by atoms with Gasteiger partial charge in [0.15, 0.2) is 0 Å². The van der Waals surface area contributed by atoms with Crippen LogP contribution in [0.1, 0.15) is 401 Å². The summed E-state index contributed by atoms with van der Waals surface area (Å²) in [4.78, 5) is 41.7. The highest BCUT2D eigenvalue weighted by atomic mass is 28.4. The van der Waals surface area contributed by atoms with Crippen molar-refractivity contribution in [2.45, 2.75) is 423 Å². The van der Waals surface area contributed by atoms with Crippen LogP contribution in [0.15, 0.2) is 0 Å². The maximum Gasteiger partial charge on any atom is 0.501 e. The van der Waals surface area contributed by atoms with Crippen LogP contribution in [-0.2, 0) is 27.7 Å². The fourth-order valence-electron chi connectivity index (χ4n) is 13.8. The van der Waals surface area contributed by atoms with Gasteiger partial charge in [0.1, 0.15) is 16.6 Å². The summed E-state index contributed by atoms with van der Waals surface area (Å²) < 4.78 is 21.8. The molecule has 9 N–H and O–H groups in total. The zero-order valence-corrected chi connectivity index (χ0v) is 67.1. The molecule has 0 aliphatic carbocycles. The summed E-state index contributed by atoms with van der Waals surface area (Å²) in [5.41, 5.74) is -5.09. The van der Waals surface area contributed by atoms with Gasteiger partial charge in [0.2, 0.25) is 17.7 Å². The number of nitrogens with zero attached hydrogens (tertiary/aromatic N) is 1. The van der Waals surface area contributed by atoms with Crippen LogP contribution in [0.2, 0.25) is 6.04 Å². The molecule has 0 saturated heterocycles. The van der Waals surface area contributed by atoms with Crippen LogP contribution in [0.4, 0.5) is 0 Å². The van der Waals surface area contributed by atoms with Gasteiger partial charge in [-0.25, -0.2) is 0 Å². The van der Waals surface area contributed by atoms with Gasteiger partial charge in [-0.15, -0.1) is 0 Å². The lowest BCUT2D eigenvalue weighted by Crippen LogP contribution is -2.65. The highest BCUT2D eigenvalue weighted by Crippen LogP contribution is 2.28. The summed E-state index contributed by atoms with van der Waals surface area (Å²) in [5, 5.41) is 76.2. The molecule has 99 heavy (non-hydrogen) atoms. The standard InChI is InChI=1S/C82H166N4O12Si/c1-7-12-17-22-27-32-37-40-45-50-55-61-77(93)83-80(68-87,69-88)74-96-99(97-75-81(70-89,71-90)84-78(94)62-56-51-46-41-38-33-28-23-18-13-8-2,98-76-82(72-91,73-92)85-79(95)63-57-52-47-42-39-34-29-24-19-14-9-3)67-60-66-86(6,64-58-53-48-43-35-30-25-20-15-10-4)65-59-54-49-44-36-31-26-21-16-11-5/h87-92H,7-76H2,1-6H3,(H2-,83,84,85,93,94,95)/p+1. The van der Waals surface area contributed by atoms with E-state index in [1.807, 2.05) is 0 Å². The molecule has 0 unspecified atom stereocenters. The Labute approximate surface area is 611 Å². The highest BCUT2D eigenvalue weighted by Gasteiger charge is 2.49. The van der Waals surface area contributed by atoms with Gasteiger partial charge in [-0.3, -0.25) is 14.4 Å². The Kier molecular flexibility index (Phi) is 66.8. The molecule has 0 atom stereocenters. The lowest BCUT2D eigenvalue weighted by molar-refractivity contribution is -0.910. The van der Waals surface area contributed by atoms with Crippen molar-refractivity contribution in [1.29, 1.82) is 0 Å². The number of amides is 3. The predicted molar refractivity (Wildman–Crippen MR) is 416 cm³/mol. The van der Waals surface area contributed by atoms with E-state index >= 15 is 0 Å². The first-order chi connectivity index (χ1) is 48.2. The van der Waals surface area contributed by atoms with Crippen molar-refractivity contribution < 1.29 is 62.8 Å². The SMILES string of the molecule is CCCCCCCCCCCCCC(=O)NC(CO)(CO)CO[Si](CCC[N+](C)(CCCCCCCCCCCC)CCCCCCCCCCCC)(OCC(CO)(CO)NC(=O)CCCCCCCCCCCCC)OCC(CO)(CO)NC(=O)CCCCCCCCCCCCC. The number of aliphatic hydroxyl groups is 6. The van der Waals surface area contributed by atoms with Crippen LogP contribution in [0.3, 0.4) is 0 Å². The van der Waals surface area contributed by atoms with Gasteiger partial charge in [-0.1, -0.05) is 330 Å². The second-order valence-electron chi connectivity index (χ2n) is 31.1. The predicted octanol–water partition coefficient (Wildman–Crippen LogP) is 18.3. The van der Waals surface area contributed by atoms with E-state index in [9.17, 15) is 45.0 Å². The number of quaternary nitrogens is 1. The lowest BCUT2D eigenvalue weighted by atomic mass is 10.0. The Morgan fingerprint density at radius 2 is 0.444 bits per heavy atom. The number of carbonyl (C=O) groups is 3. The summed E-state index contributed by atoms with van der Waals surface area (Å²) in [5.74, 6) is -1.04. The molecule has 16 nitrogen and oxygen atoms in total. The molecule has 17 heteroatoms. The minimum Gasteiger partial charge on any atom is -0.394 e. The number of rotatable bonds is 80. The molecule has 0 aliphatic heterocycles. The fourth-order valence-corrected chi connectivity index (χ4v) is 16.5. The van der Waals surface area contributed by atoms with Crippen molar-refractivity contribution in [1.82, 2.24) is 16.0 Å². The normalized spacial score (nSPS) is 12.5. The first-order valence-corrected chi connectivity index (χ1v) is 44.4. The molecular weight excluding hydrogens is 1260 g/mol. The molecule has 0 fully saturated rings. The first kappa shape index (κ1) is 97.2. The maximum atomic E-state index is 13.9. The van der Waals surface area contributed by atoms with E-state index in [0.29, 0.717) is 32.2 Å². The number of nitrogens with one attached hydrogen (secondary N) is 3. The number of aliphatic hydroxyl groups excluding tert-OH is 6. The van der Waals surface area contributed by atoms with E-state index in [-0.39, 0.29) is 43.0 Å². The van der Waals surface area contributed by atoms with Gasteiger partial charge >= 0.3 is 8.80 Å². The summed E-state index contributed by atoms with van der Waals surface area (Å²) in [6.07, 6.45) is 63.0. The van der Waals surface area contributed by atoms with E-state index in [2.05, 4.69) is 57.6 Å². The third-order valence-corrected chi connectivity index (χ3v) is 23.8. The van der Waals surface area contributed by atoms with Gasteiger partial charge in [-0.05, 0) is 44.9 Å². The van der Waals surface area contributed by atoms with Crippen LogP contribution in [0.5, 0.6) is 0 Å². The minimum absolute atomic E-state index is 0.135. The third kappa shape index (κ3) is 54.5. The van der Waals surface area contributed by atoms with E-state index in [1.54, 1.807) is 0 Å². The Morgan fingerprint density at radius 3 is 0.636 bits per heavy atom. The quantitative estimate of drug-likeness (QED) is 0.0157. The zero-order chi connectivity index (χ0) is 73.0. The van der Waals surface area contributed by atoms with Crippen LogP contribution < -0.4 is 16.0 Å². The third-order valence-electron chi connectivity index (χ3n) is 21.0. The van der Waals surface area contributed by atoms with Crippen LogP contribution >= 0.6 is 0 Å². The molecule has 0 heterocycles. The average Bonchev–Trinajstić information content (AvgIpc) is 0.816. The molecule has 0 saturated carbocycles. The molecule has 0 bridgehead atoms. The van der Waals surface area contributed by atoms with Gasteiger partial charge in [-0.2, -0.15) is 0 Å². The molecular formula is C82H167N4O12Si+. The number of unbranched alkanes of at least 4 members (excludes halogenated alkanes) is 48. The Bertz CT molecular complexity index is 1610. The average molecular weight is 1430 g/mol. The number of carbonyl (C=O) groups excluding carboxylic acids is 3. The number of hydrogen-bond acceptors (Lipinski definition) is 12. The second-order valence-corrected chi connectivity index (χ2v) is 33.8. The molecule has 0 aromatic heterocycles. The maximum absolute atomic E-state index is 13.9. The highest BCUT2D eigenvalue weighted by molar-refractivity contribution is 6.60. The molecule has 3 amide bonds. The van der Waals surface area contributed by atoms with E-state index in [4.69, 9.17) is 13.3 Å². The van der Waals surface area contributed by atoms with Gasteiger partial charge in [0, 0.05) is 31.7 Å². The van der Waals surface area contributed by atoms with E-state index < -0.39 is 84.9 Å². The molecule has 0 aliphatic rings. The monoisotopic (exact) mass is 1430 g/mol. The topological polar surface area (TPSA) is 236 Å². The van der Waals surface area contributed by atoms with E-state index in [1.165, 1.54) is 238 Å². The lowest BCUT2D eigenvalue weighted by Gasteiger charge is -2.41. The summed E-state index contributed by atoms with van der Waals surface area (Å²) in [6, 6.07) is 0.135. The molecule has 0 rings (SSSR count). The Balaban J connectivity index is 7.30.